The number of carboxylic acid groups (broad SMARTS) is 3. The van der Waals surface area contributed by atoms with E-state index >= 15 is 0 Å². The van der Waals surface area contributed by atoms with Gasteiger partial charge in [0.2, 0.25) is 0 Å². The van der Waals surface area contributed by atoms with Crippen molar-refractivity contribution in [2.75, 3.05) is 0 Å². The topological polar surface area (TPSA) is 199 Å². The summed E-state index contributed by atoms with van der Waals surface area (Å²) < 4.78 is 15.7. The summed E-state index contributed by atoms with van der Waals surface area (Å²) >= 11 is 0. The molecule has 0 aromatic carbocycles. The molecule has 0 aliphatic rings. The molecule has 3 atom stereocenters. The first-order chi connectivity index (χ1) is 17.9. The minimum Gasteiger partial charge on any atom is -0.550 e. The van der Waals surface area contributed by atoms with Gasteiger partial charge in [-0.3, -0.25) is 14.4 Å². The smallest absolute Gasteiger partial charge is 0.550 e. The van der Waals surface area contributed by atoms with Crippen LogP contribution in [0.2, 0.25) is 0 Å². The third kappa shape index (κ3) is 27.4. The Balaban J connectivity index is -0.000000240. The average Bonchev–Trinajstić information content (AvgIpc) is 2.78. The molecule has 40 heavy (non-hydrogen) atoms. The molecule has 0 bridgehead atoms. The Morgan fingerprint density at radius 1 is 0.475 bits per heavy atom. The molecule has 0 N–H and O–H groups in total. The van der Waals surface area contributed by atoms with Crippen LogP contribution in [0.1, 0.15) is 101 Å². The molecule has 0 fully saturated rings. The van der Waals surface area contributed by atoms with Crippen LogP contribution in [-0.2, 0) is 43.0 Å². The van der Waals surface area contributed by atoms with E-state index in [9.17, 15) is 44.1 Å². The average molecular weight is 589 g/mol. The number of rotatable bonds is 18. The van der Waals surface area contributed by atoms with E-state index < -0.39 is 72.8 Å². The van der Waals surface area contributed by atoms with Crippen molar-refractivity contribution in [3.63, 3.8) is 0 Å². The second-order valence-corrected chi connectivity index (χ2v) is 9.29. The van der Waals surface area contributed by atoms with Gasteiger partial charge in [-0.15, -0.1) is 0 Å². The van der Waals surface area contributed by atoms with Gasteiger partial charge in [0.1, 0.15) is 18.3 Å². The number of ether oxygens (including phenoxy) is 3. The van der Waals surface area contributed by atoms with Crippen LogP contribution in [0.5, 0.6) is 0 Å². The van der Waals surface area contributed by atoms with Gasteiger partial charge in [-0.2, -0.15) is 0 Å². The summed E-state index contributed by atoms with van der Waals surface area (Å²) in [5.74, 6) is -5.31. The Kier molecular flexibility index (Phi) is 28.9. The SMILES string of the molecule is CCC(OC(C)C)C(=O)CC(=O)[O-].CCC(OC(C)C)C(=O)CC(=O)[O-].CCC(OC(C)C)C(=O)CC(=O)[O-].[Al+3]. The molecule has 0 aromatic rings. The number of Topliss-reactive ketones (excluding diaryl/α,β-unsaturated/α-hetero) is 3. The second kappa shape index (κ2) is 25.8. The van der Waals surface area contributed by atoms with Crippen LogP contribution in [-0.4, -0.2) is 89.2 Å². The maximum Gasteiger partial charge on any atom is 3.00 e. The third-order valence-electron chi connectivity index (χ3n) is 4.45. The fourth-order valence-corrected chi connectivity index (χ4v) is 2.95. The van der Waals surface area contributed by atoms with Crippen molar-refractivity contribution in [1.29, 1.82) is 0 Å². The van der Waals surface area contributed by atoms with Gasteiger partial charge in [0, 0.05) is 37.2 Å². The van der Waals surface area contributed by atoms with Crippen molar-refractivity contribution in [3.8, 4) is 0 Å². The largest absolute Gasteiger partial charge is 3.00 e. The minimum atomic E-state index is -1.35. The minimum absolute atomic E-state index is 0. The van der Waals surface area contributed by atoms with E-state index in [4.69, 9.17) is 14.2 Å². The Bertz CT molecular complexity index is 665. The van der Waals surface area contributed by atoms with Crippen LogP contribution < -0.4 is 15.3 Å². The molecule has 228 valence electrons. The number of carbonyl (C=O) groups is 6. The van der Waals surface area contributed by atoms with Crippen molar-refractivity contribution in [1.82, 2.24) is 0 Å². The van der Waals surface area contributed by atoms with Crippen molar-refractivity contribution < 1.29 is 58.3 Å². The molecule has 0 aliphatic heterocycles. The van der Waals surface area contributed by atoms with Gasteiger partial charge in [0.05, 0.1) is 18.3 Å². The van der Waals surface area contributed by atoms with Gasteiger partial charge >= 0.3 is 17.4 Å². The Hall–Kier alpha value is -2.17. The third-order valence-corrected chi connectivity index (χ3v) is 4.45. The summed E-state index contributed by atoms with van der Waals surface area (Å²) in [6.07, 6.45) is -2.28. The van der Waals surface area contributed by atoms with Gasteiger partial charge in [0.15, 0.2) is 17.3 Å². The van der Waals surface area contributed by atoms with E-state index in [1.54, 1.807) is 62.3 Å². The second-order valence-electron chi connectivity index (χ2n) is 9.29. The molecule has 13 heteroatoms. The first-order valence-electron chi connectivity index (χ1n) is 13.0. The molecular weight excluding hydrogens is 543 g/mol. The molecule has 3 unspecified atom stereocenters. The Morgan fingerprint density at radius 3 is 0.750 bits per heavy atom. The number of ketones is 3. The molecule has 0 saturated carbocycles. The summed E-state index contributed by atoms with van der Waals surface area (Å²) in [6.45, 7) is 16.1. The monoisotopic (exact) mass is 588 g/mol. The fraction of sp³-hybridized carbons (Fsp3) is 0.778. The van der Waals surface area contributed by atoms with E-state index in [1.165, 1.54) is 0 Å². The van der Waals surface area contributed by atoms with Gasteiger partial charge in [-0.25, -0.2) is 0 Å². The Morgan fingerprint density at radius 2 is 0.650 bits per heavy atom. The van der Waals surface area contributed by atoms with E-state index in [0.29, 0.717) is 19.3 Å². The standard InChI is InChI=1S/3C9H16O4.Al/c3*1-4-8(13-6(2)3)7(10)5-9(11)12;/h3*6,8H,4-5H2,1-3H3,(H,11,12);/q;;;+3/p-3. The normalized spacial score (nSPS) is 12.6. The molecule has 0 aromatic heterocycles. The van der Waals surface area contributed by atoms with Crippen LogP contribution in [0.4, 0.5) is 0 Å². The summed E-state index contributed by atoms with van der Waals surface area (Å²) in [5.41, 5.74) is 0. The van der Waals surface area contributed by atoms with Gasteiger partial charge in [-0.1, -0.05) is 20.8 Å². The van der Waals surface area contributed by atoms with Gasteiger partial charge < -0.3 is 43.9 Å². The summed E-state index contributed by atoms with van der Waals surface area (Å²) in [5, 5.41) is 30.4. The van der Waals surface area contributed by atoms with Crippen molar-refractivity contribution in [3.05, 3.63) is 0 Å². The zero-order valence-corrected chi connectivity index (χ0v) is 26.3. The predicted octanol–water partition coefficient (Wildman–Crippen LogP) is -0.683. The zero-order chi connectivity index (χ0) is 31.3. The molecule has 0 rings (SSSR count). The molecule has 12 nitrogen and oxygen atoms in total. The van der Waals surface area contributed by atoms with Crippen LogP contribution in [0.25, 0.3) is 0 Å². The quantitative estimate of drug-likeness (QED) is 0.144. The summed E-state index contributed by atoms with van der Waals surface area (Å²) in [7, 11) is 0. The fourth-order valence-electron chi connectivity index (χ4n) is 2.95. The molecule has 0 amide bonds. The zero-order valence-electron chi connectivity index (χ0n) is 25.2. The van der Waals surface area contributed by atoms with Crippen LogP contribution in [0.3, 0.4) is 0 Å². The maximum absolute atomic E-state index is 11.2. The Labute approximate surface area is 248 Å². The molecule has 0 heterocycles. The van der Waals surface area contributed by atoms with Crippen LogP contribution >= 0.6 is 0 Å². The van der Waals surface area contributed by atoms with E-state index in [1.807, 2.05) is 0 Å². The van der Waals surface area contributed by atoms with Gasteiger partial charge in [0.25, 0.3) is 0 Å². The number of hydrogen-bond donors (Lipinski definition) is 0. The number of carboxylic acids is 3. The summed E-state index contributed by atoms with van der Waals surface area (Å²) in [6, 6.07) is 0. The molecule has 0 spiro atoms. The van der Waals surface area contributed by atoms with Crippen LogP contribution in [0, 0.1) is 0 Å². The molecular formula is C27H45AlO12. The first-order valence-corrected chi connectivity index (χ1v) is 13.0. The molecule has 0 radical (unpaired) electrons. The first kappa shape index (κ1) is 44.8. The number of aliphatic carboxylic acids is 3. The maximum atomic E-state index is 11.2. The molecule has 0 aliphatic carbocycles. The molecule has 0 saturated heterocycles. The van der Waals surface area contributed by atoms with Gasteiger partial charge in [-0.05, 0) is 60.8 Å². The number of hydrogen-bond acceptors (Lipinski definition) is 12. The van der Waals surface area contributed by atoms with E-state index in [0.717, 1.165) is 0 Å². The van der Waals surface area contributed by atoms with E-state index in [-0.39, 0.29) is 35.7 Å². The summed E-state index contributed by atoms with van der Waals surface area (Å²) in [4.78, 5) is 63.9. The van der Waals surface area contributed by atoms with Crippen molar-refractivity contribution in [2.45, 2.75) is 137 Å². The van der Waals surface area contributed by atoms with Crippen LogP contribution in [0.15, 0.2) is 0 Å². The predicted molar refractivity (Wildman–Crippen MR) is 141 cm³/mol. The number of carbonyl (C=O) groups excluding carboxylic acids is 6. The van der Waals surface area contributed by atoms with Crippen molar-refractivity contribution >= 4 is 52.6 Å². The van der Waals surface area contributed by atoms with E-state index in [2.05, 4.69) is 0 Å². The van der Waals surface area contributed by atoms with Crippen molar-refractivity contribution in [2.24, 2.45) is 0 Å².